The third-order valence-corrected chi connectivity index (χ3v) is 3.14. The molecule has 0 aliphatic heterocycles. The van der Waals surface area contributed by atoms with Crippen LogP contribution >= 0.6 is 0 Å². The van der Waals surface area contributed by atoms with Gasteiger partial charge in [0, 0.05) is 11.8 Å². The zero-order valence-corrected chi connectivity index (χ0v) is 13.5. The summed E-state index contributed by atoms with van der Waals surface area (Å²) in [4.78, 5) is 12.1. The van der Waals surface area contributed by atoms with Crippen molar-refractivity contribution in [2.24, 2.45) is 0 Å². The maximum Gasteiger partial charge on any atom is 0.243 e. The SMILES string of the molecule is CCCOc1cccc(NCC(=O)Nc2ccccc2OC)c1. The predicted octanol–water partition coefficient (Wildman–Crippen LogP) is 3.53. The number of ether oxygens (including phenoxy) is 2. The van der Waals surface area contributed by atoms with E-state index in [4.69, 9.17) is 9.47 Å². The van der Waals surface area contributed by atoms with Crippen molar-refractivity contribution in [3.63, 3.8) is 0 Å². The molecule has 0 aliphatic rings. The lowest BCUT2D eigenvalue weighted by atomic mass is 10.3. The Labute approximate surface area is 136 Å². The summed E-state index contributed by atoms with van der Waals surface area (Å²) >= 11 is 0. The average Bonchev–Trinajstić information content (AvgIpc) is 2.59. The van der Waals surface area contributed by atoms with Gasteiger partial charge in [-0.2, -0.15) is 0 Å². The van der Waals surface area contributed by atoms with E-state index in [0.29, 0.717) is 18.0 Å². The number of hydrogen-bond acceptors (Lipinski definition) is 4. The lowest BCUT2D eigenvalue weighted by Gasteiger charge is -2.11. The third-order valence-electron chi connectivity index (χ3n) is 3.14. The highest BCUT2D eigenvalue weighted by Gasteiger charge is 2.06. The topological polar surface area (TPSA) is 59.6 Å². The fraction of sp³-hybridized carbons (Fsp3) is 0.278. The largest absolute Gasteiger partial charge is 0.495 e. The van der Waals surface area contributed by atoms with E-state index < -0.39 is 0 Å². The van der Waals surface area contributed by atoms with Crippen LogP contribution in [0.25, 0.3) is 0 Å². The molecule has 0 saturated heterocycles. The Morgan fingerprint density at radius 1 is 1.13 bits per heavy atom. The highest BCUT2D eigenvalue weighted by Crippen LogP contribution is 2.23. The first-order valence-corrected chi connectivity index (χ1v) is 7.62. The molecule has 0 aliphatic carbocycles. The number of methoxy groups -OCH3 is 1. The zero-order valence-electron chi connectivity index (χ0n) is 13.5. The Bertz CT molecular complexity index is 644. The molecule has 0 fully saturated rings. The first kappa shape index (κ1) is 16.7. The standard InChI is InChI=1S/C18H22N2O3/c1-3-11-23-15-8-6-7-14(12-15)19-13-18(21)20-16-9-4-5-10-17(16)22-2/h4-10,12,19H,3,11,13H2,1-2H3,(H,20,21). The molecule has 5 nitrogen and oxygen atoms in total. The molecule has 2 aromatic carbocycles. The fourth-order valence-corrected chi connectivity index (χ4v) is 2.04. The van der Waals surface area contributed by atoms with Crippen LogP contribution in [-0.4, -0.2) is 26.2 Å². The smallest absolute Gasteiger partial charge is 0.243 e. The van der Waals surface area contributed by atoms with Gasteiger partial charge in [-0.25, -0.2) is 0 Å². The first-order valence-electron chi connectivity index (χ1n) is 7.62. The van der Waals surface area contributed by atoms with E-state index >= 15 is 0 Å². The molecule has 0 unspecified atom stereocenters. The summed E-state index contributed by atoms with van der Waals surface area (Å²) in [6.07, 6.45) is 0.957. The van der Waals surface area contributed by atoms with Gasteiger partial charge in [0.05, 0.1) is 25.9 Å². The van der Waals surface area contributed by atoms with E-state index in [-0.39, 0.29) is 12.5 Å². The number of hydrogen-bond donors (Lipinski definition) is 2. The number of amides is 1. The average molecular weight is 314 g/mol. The molecule has 0 bridgehead atoms. The molecule has 0 heterocycles. The van der Waals surface area contributed by atoms with Crippen molar-refractivity contribution in [3.8, 4) is 11.5 Å². The van der Waals surface area contributed by atoms with E-state index in [1.165, 1.54) is 0 Å². The lowest BCUT2D eigenvalue weighted by molar-refractivity contribution is -0.114. The summed E-state index contributed by atoms with van der Waals surface area (Å²) in [5.41, 5.74) is 1.50. The maximum absolute atomic E-state index is 12.1. The normalized spacial score (nSPS) is 10.0. The second kappa shape index (κ2) is 8.68. The molecule has 5 heteroatoms. The number of carbonyl (C=O) groups is 1. The van der Waals surface area contributed by atoms with Crippen LogP contribution in [0.2, 0.25) is 0 Å². The molecule has 23 heavy (non-hydrogen) atoms. The lowest BCUT2D eigenvalue weighted by Crippen LogP contribution is -2.22. The second-order valence-corrected chi connectivity index (χ2v) is 4.98. The van der Waals surface area contributed by atoms with Crippen LogP contribution in [0.1, 0.15) is 13.3 Å². The maximum atomic E-state index is 12.1. The molecular formula is C18H22N2O3. The molecular weight excluding hydrogens is 292 g/mol. The van der Waals surface area contributed by atoms with Crippen molar-refractivity contribution in [2.45, 2.75) is 13.3 Å². The minimum absolute atomic E-state index is 0.144. The monoisotopic (exact) mass is 314 g/mol. The summed E-state index contributed by atoms with van der Waals surface area (Å²) in [6, 6.07) is 14.9. The van der Waals surface area contributed by atoms with Gasteiger partial charge in [-0.1, -0.05) is 25.1 Å². The predicted molar refractivity (Wildman–Crippen MR) is 92.3 cm³/mol. The van der Waals surface area contributed by atoms with E-state index in [9.17, 15) is 4.79 Å². The van der Waals surface area contributed by atoms with Gasteiger partial charge in [0.1, 0.15) is 11.5 Å². The minimum Gasteiger partial charge on any atom is -0.495 e. The quantitative estimate of drug-likeness (QED) is 0.782. The van der Waals surface area contributed by atoms with Gasteiger partial charge >= 0.3 is 0 Å². The molecule has 0 saturated carbocycles. The van der Waals surface area contributed by atoms with Gasteiger partial charge in [-0.05, 0) is 30.7 Å². The molecule has 2 N–H and O–H groups in total. The van der Waals surface area contributed by atoms with Crippen LogP contribution < -0.4 is 20.1 Å². The van der Waals surface area contributed by atoms with Crippen molar-refractivity contribution >= 4 is 17.3 Å². The number of rotatable bonds is 8. The molecule has 0 radical (unpaired) electrons. The third kappa shape index (κ3) is 5.21. The van der Waals surface area contributed by atoms with Gasteiger partial charge in [0.15, 0.2) is 0 Å². The minimum atomic E-state index is -0.144. The number of para-hydroxylation sites is 2. The van der Waals surface area contributed by atoms with Crippen LogP contribution in [0.4, 0.5) is 11.4 Å². The number of anilines is 2. The van der Waals surface area contributed by atoms with Gasteiger partial charge < -0.3 is 20.1 Å². The summed E-state index contributed by atoms with van der Waals surface area (Å²) in [5.74, 6) is 1.28. The Morgan fingerprint density at radius 2 is 1.96 bits per heavy atom. The van der Waals surface area contributed by atoms with Crippen LogP contribution in [0.5, 0.6) is 11.5 Å². The first-order chi connectivity index (χ1) is 11.2. The van der Waals surface area contributed by atoms with Crippen molar-refractivity contribution in [1.29, 1.82) is 0 Å². The van der Waals surface area contributed by atoms with Crippen LogP contribution in [0.15, 0.2) is 48.5 Å². The Hall–Kier alpha value is -2.69. The van der Waals surface area contributed by atoms with Crippen LogP contribution in [-0.2, 0) is 4.79 Å². The number of benzene rings is 2. The van der Waals surface area contributed by atoms with Gasteiger partial charge in [0.2, 0.25) is 5.91 Å². The Balaban J connectivity index is 1.89. The highest BCUT2D eigenvalue weighted by atomic mass is 16.5. The summed E-state index contributed by atoms with van der Waals surface area (Å²) in [6.45, 7) is 2.90. The van der Waals surface area contributed by atoms with Gasteiger partial charge in [-0.3, -0.25) is 4.79 Å². The van der Waals surface area contributed by atoms with Crippen LogP contribution in [0, 0.1) is 0 Å². The summed E-state index contributed by atoms with van der Waals surface area (Å²) in [5, 5.41) is 5.91. The second-order valence-electron chi connectivity index (χ2n) is 4.98. The molecule has 0 spiro atoms. The van der Waals surface area contributed by atoms with Crippen molar-refractivity contribution < 1.29 is 14.3 Å². The van der Waals surface area contributed by atoms with E-state index in [1.54, 1.807) is 19.2 Å². The highest BCUT2D eigenvalue weighted by molar-refractivity contribution is 5.95. The molecule has 2 aromatic rings. The fourth-order valence-electron chi connectivity index (χ4n) is 2.04. The molecule has 122 valence electrons. The van der Waals surface area contributed by atoms with Crippen molar-refractivity contribution in [1.82, 2.24) is 0 Å². The van der Waals surface area contributed by atoms with E-state index in [2.05, 4.69) is 17.6 Å². The molecule has 0 aromatic heterocycles. The van der Waals surface area contributed by atoms with Crippen LogP contribution in [0.3, 0.4) is 0 Å². The Kier molecular flexibility index (Phi) is 6.29. The Morgan fingerprint density at radius 3 is 2.74 bits per heavy atom. The zero-order chi connectivity index (χ0) is 16.5. The van der Waals surface area contributed by atoms with Crippen molar-refractivity contribution in [3.05, 3.63) is 48.5 Å². The molecule has 1 amide bonds. The summed E-state index contributed by atoms with van der Waals surface area (Å²) in [7, 11) is 1.57. The summed E-state index contributed by atoms with van der Waals surface area (Å²) < 4.78 is 10.8. The van der Waals surface area contributed by atoms with E-state index in [1.807, 2.05) is 36.4 Å². The number of nitrogens with one attached hydrogen (secondary N) is 2. The molecule has 0 atom stereocenters. The number of carbonyl (C=O) groups excluding carboxylic acids is 1. The van der Waals surface area contributed by atoms with Gasteiger partial charge in [0.25, 0.3) is 0 Å². The molecule has 2 rings (SSSR count). The van der Waals surface area contributed by atoms with Gasteiger partial charge in [-0.15, -0.1) is 0 Å². The van der Waals surface area contributed by atoms with Crippen molar-refractivity contribution in [2.75, 3.05) is 30.9 Å². The van der Waals surface area contributed by atoms with E-state index in [0.717, 1.165) is 17.9 Å².